The van der Waals surface area contributed by atoms with Gasteiger partial charge >= 0.3 is 0 Å². The van der Waals surface area contributed by atoms with Gasteiger partial charge in [0.1, 0.15) is 0 Å². The molecule has 86 valence electrons. The van der Waals surface area contributed by atoms with E-state index in [1.54, 1.807) is 6.92 Å². The molecule has 1 aromatic carbocycles. The number of ketones is 1. The minimum atomic E-state index is -2.79. The first kappa shape index (κ1) is 12.2. The summed E-state index contributed by atoms with van der Waals surface area (Å²) in [5.41, 5.74) is -1.15. The molecule has 0 fully saturated rings. The smallest absolute Gasteiger partial charge is 0.280 e. The van der Waals surface area contributed by atoms with Crippen LogP contribution in [-0.2, 0) is 0 Å². The first-order valence-corrected chi connectivity index (χ1v) is 4.57. The molecule has 0 aliphatic heterocycles. The van der Waals surface area contributed by atoms with Gasteiger partial charge in [-0.25, -0.2) is 8.78 Å². The highest BCUT2D eigenvalue weighted by Gasteiger charge is 2.21. The van der Waals surface area contributed by atoms with E-state index in [4.69, 9.17) is 0 Å². The molecule has 0 amide bonds. The van der Waals surface area contributed by atoms with Gasteiger partial charge in [-0.3, -0.25) is 14.9 Å². The minimum Gasteiger partial charge on any atom is -0.294 e. The van der Waals surface area contributed by atoms with E-state index in [1.807, 2.05) is 0 Å². The van der Waals surface area contributed by atoms with E-state index in [0.717, 1.165) is 18.2 Å². The van der Waals surface area contributed by atoms with Gasteiger partial charge in [-0.15, -0.1) is 0 Å². The molecule has 0 spiro atoms. The summed E-state index contributed by atoms with van der Waals surface area (Å²) in [4.78, 5) is 21.1. The topological polar surface area (TPSA) is 60.2 Å². The van der Waals surface area contributed by atoms with Crippen molar-refractivity contribution in [2.45, 2.75) is 19.8 Å². The molecule has 16 heavy (non-hydrogen) atoms. The van der Waals surface area contributed by atoms with E-state index < -0.39 is 28.4 Å². The molecule has 0 bridgehead atoms. The molecule has 0 atom stereocenters. The summed E-state index contributed by atoms with van der Waals surface area (Å²) >= 11 is 0. The van der Waals surface area contributed by atoms with Gasteiger partial charge in [0.2, 0.25) is 0 Å². The van der Waals surface area contributed by atoms with Crippen molar-refractivity contribution in [3.05, 3.63) is 39.4 Å². The Hall–Kier alpha value is -1.85. The lowest BCUT2D eigenvalue weighted by Crippen LogP contribution is -2.03. The highest BCUT2D eigenvalue weighted by atomic mass is 19.3. The number of carbonyl (C=O) groups excluding carboxylic acids is 1. The van der Waals surface area contributed by atoms with Crippen LogP contribution in [0.3, 0.4) is 0 Å². The van der Waals surface area contributed by atoms with Crippen molar-refractivity contribution < 1.29 is 18.5 Å². The van der Waals surface area contributed by atoms with Gasteiger partial charge in [-0.1, -0.05) is 13.0 Å². The van der Waals surface area contributed by atoms with Crippen LogP contribution in [0.15, 0.2) is 18.2 Å². The number of benzene rings is 1. The van der Waals surface area contributed by atoms with Crippen LogP contribution in [0.5, 0.6) is 0 Å². The van der Waals surface area contributed by atoms with E-state index in [0.29, 0.717) is 0 Å². The highest BCUT2D eigenvalue weighted by molar-refractivity contribution is 5.99. The monoisotopic (exact) mass is 229 g/mol. The lowest BCUT2D eigenvalue weighted by atomic mass is 10.0. The van der Waals surface area contributed by atoms with Crippen molar-refractivity contribution in [3.63, 3.8) is 0 Å². The van der Waals surface area contributed by atoms with Crippen molar-refractivity contribution in [1.82, 2.24) is 0 Å². The van der Waals surface area contributed by atoms with Crippen LogP contribution in [0.25, 0.3) is 0 Å². The Morgan fingerprint density at radius 1 is 1.50 bits per heavy atom. The number of Topliss-reactive ketones (excluding diaryl/α,β-unsaturated/α-hetero) is 1. The van der Waals surface area contributed by atoms with Gasteiger partial charge in [0.05, 0.1) is 10.5 Å². The lowest BCUT2D eigenvalue weighted by molar-refractivity contribution is -0.385. The first-order valence-electron chi connectivity index (χ1n) is 4.57. The predicted octanol–water partition coefficient (Wildman–Crippen LogP) is 3.13. The second-order valence-electron chi connectivity index (χ2n) is 3.11. The van der Waals surface area contributed by atoms with E-state index in [9.17, 15) is 23.7 Å². The van der Waals surface area contributed by atoms with E-state index in [-0.39, 0.29) is 12.0 Å². The fourth-order valence-corrected chi connectivity index (χ4v) is 1.26. The summed E-state index contributed by atoms with van der Waals surface area (Å²) in [7, 11) is 0. The van der Waals surface area contributed by atoms with Crippen molar-refractivity contribution >= 4 is 11.5 Å². The molecule has 0 saturated heterocycles. The Kier molecular flexibility index (Phi) is 3.65. The molecule has 4 nitrogen and oxygen atoms in total. The maximum Gasteiger partial charge on any atom is 0.280 e. The third-order valence-corrected chi connectivity index (χ3v) is 2.09. The van der Waals surface area contributed by atoms with Crippen LogP contribution >= 0.6 is 0 Å². The second-order valence-corrected chi connectivity index (χ2v) is 3.11. The maximum atomic E-state index is 12.3. The van der Waals surface area contributed by atoms with Crippen LogP contribution in [0.2, 0.25) is 0 Å². The molecule has 0 N–H and O–H groups in total. The molecule has 0 radical (unpaired) electrons. The van der Waals surface area contributed by atoms with Gasteiger partial charge in [-0.2, -0.15) is 0 Å². The number of nitrogens with zero attached hydrogens (tertiary/aromatic N) is 1. The molecule has 1 aromatic rings. The number of carbonyl (C=O) groups is 1. The van der Waals surface area contributed by atoms with Crippen molar-refractivity contribution in [1.29, 1.82) is 0 Å². The molecule has 0 unspecified atom stereocenters. The molecule has 1 rings (SSSR count). The SMILES string of the molecule is CCC(=O)c1ccc(C(F)F)cc1[N+](=O)[O-]. The summed E-state index contributed by atoms with van der Waals surface area (Å²) in [6.07, 6.45) is -2.70. The van der Waals surface area contributed by atoms with Gasteiger partial charge in [-0.05, 0) is 6.07 Å². The molecular weight excluding hydrogens is 220 g/mol. The van der Waals surface area contributed by atoms with Crippen molar-refractivity contribution in [3.8, 4) is 0 Å². The van der Waals surface area contributed by atoms with E-state index in [2.05, 4.69) is 0 Å². The number of hydrogen-bond donors (Lipinski definition) is 0. The average molecular weight is 229 g/mol. The standard InChI is InChI=1S/C10H9F2NO3/c1-2-9(14)7-4-3-6(10(11)12)5-8(7)13(15)16/h3-5,10H,2H2,1H3. The Bertz CT molecular complexity index is 432. The number of hydrogen-bond acceptors (Lipinski definition) is 3. The predicted molar refractivity (Wildman–Crippen MR) is 52.7 cm³/mol. The highest BCUT2D eigenvalue weighted by Crippen LogP contribution is 2.27. The Labute approximate surface area is 90.0 Å². The third kappa shape index (κ3) is 2.39. The fourth-order valence-electron chi connectivity index (χ4n) is 1.26. The number of rotatable bonds is 4. The molecule has 0 heterocycles. The van der Waals surface area contributed by atoms with Gasteiger partial charge in [0.25, 0.3) is 12.1 Å². The zero-order valence-electron chi connectivity index (χ0n) is 8.44. The van der Waals surface area contributed by atoms with E-state index in [1.165, 1.54) is 0 Å². The van der Waals surface area contributed by atoms with Crippen molar-refractivity contribution in [2.75, 3.05) is 0 Å². The van der Waals surface area contributed by atoms with Crippen LogP contribution < -0.4 is 0 Å². The molecule has 0 aliphatic rings. The number of alkyl halides is 2. The largest absolute Gasteiger partial charge is 0.294 e. The van der Waals surface area contributed by atoms with Gasteiger partial charge in [0, 0.05) is 18.1 Å². The Balaban J connectivity index is 3.30. The van der Waals surface area contributed by atoms with Crippen LogP contribution in [-0.4, -0.2) is 10.7 Å². The summed E-state index contributed by atoms with van der Waals surface area (Å²) in [5.74, 6) is -0.437. The normalized spacial score (nSPS) is 10.5. The number of nitro groups is 1. The fraction of sp³-hybridized carbons (Fsp3) is 0.300. The Morgan fingerprint density at radius 2 is 2.12 bits per heavy atom. The van der Waals surface area contributed by atoms with Crippen LogP contribution in [0.4, 0.5) is 14.5 Å². The summed E-state index contributed by atoms with van der Waals surface area (Å²) in [5, 5.41) is 10.6. The van der Waals surface area contributed by atoms with Crippen molar-refractivity contribution in [2.24, 2.45) is 0 Å². The quantitative estimate of drug-likeness (QED) is 0.452. The summed E-state index contributed by atoms with van der Waals surface area (Å²) < 4.78 is 24.6. The number of halogens is 2. The third-order valence-electron chi connectivity index (χ3n) is 2.09. The zero-order valence-corrected chi connectivity index (χ0v) is 8.44. The molecule has 0 aliphatic carbocycles. The van der Waals surface area contributed by atoms with Gasteiger partial charge in [0.15, 0.2) is 5.78 Å². The molecule has 0 saturated carbocycles. The van der Waals surface area contributed by atoms with Crippen LogP contribution in [0, 0.1) is 10.1 Å². The minimum absolute atomic E-state index is 0.0921. The molecular formula is C10H9F2NO3. The first-order chi connectivity index (χ1) is 7.47. The van der Waals surface area contributed by atoms with E-state index >= 15 is 0 Å². The molecule has 0 aromatic heterocycles. The number of nitro benzene ring substituents is 1. The summed E-state index contributed by atoms with van der Waals surface area (Å²) in [6, 6.07) is 2.85. The average Bonchev–Trinajstić information content (AvgIpc) is 2.26. The second kappa shape index (κ2) is 4.78. The summed E-state index contributed by atoms with van der Waals surface area (Å²) in [6.45, 7) is 1.55. The zero-order chi connectivity index (χ0) is 12.3. The van der Waals surface area contributed by atoms with Gasteiger partial charge < -0.3 is 0 Å². The molecule has 6 heteroatoms. The Morgan fingerprint density at radius 3 is 2.56 bits per heavy atom. The van der Waals surface area contributed by atoms with Crippen LogP contribution in [0.1, 0.15) is 35.7 Å². The maximum absolute atomic E-state index is 12.3. The lowest BCUT2D eigenvalue weighted by Gasteiger charge is -2.03.